The molecule has 6 heteroatoms. The van der Waals surface area contributed by atoms with Gasteiger partial charge in [0.25, 0.3) is 5.91 Å². The zero-order valence-corrected chi connectivity index (χ0v) is 14.9. The molecule has 0 unspecified atom stereocenters. The Morgan fingerprint density at radius 2 is 2.04 bits per heavy atom. The van der Waals surface area contributed by atoms with Gasteiger partial charge in [0.1, 0.15) is 13.2 Å². The van der Waals surface area contributed by atoms with Gasteiger partial charge in [0.05, 0.1) is 17.3 Å². The van der Waals surface area contributed by atoms with Gasteiger partial charge in [-0.2, -0.15) is 5.10 Å². The summed E-state index contributed by atoms with van der Waals surface area (Å²) in [5.41, 5.74) is 3.88. The third-order valence-electron chi connectivity index (χ3n) is 5.21. The van der Waals surface area contributed by atoms with Crippen molar-refractivity contribution in [3.63, 3.8) is 0 Å². The zero-order valence-electron chi connectivity index (χ0n) is 14.9. The predicted octanol–water partition coefficient (Wildman–Crippen LogP) is 2.79. The summed E-state index contributed by atoms with van der Waals surface area (Å²) in [5.74, 6) is 1.23. The highest BCUT2D eigenvalue weighted by molar-refractivity contribution is 5.98. The first kappa shape index (κ1) is 16.0. The number of aryl methyl sites for hydroxylation is 2. The molecule has 1 atom stereocenters. The molecule has 0 bridgehead atoms. The van der Waals surface area contributed by atoms with Crippen molar-refractivity contribution in [3.05, 3.63) is 40.7 Å². The fourth-order valence-corrected chi connectivity index (χ4v) is 3.98. The van der Waals surface area contributed by atoms with Gasteiger partial charge in [0.2, 0.25) is 0 Å². The fraction of sp³-hybridized carbons (Fsp3) is 0.474. The normalized spacial score (nSPS) is 19.3. The van der Waals surface area contributed by atoms with Crippen molar-refractivity contribution in [1.29, 1.82) is 0 Å². The average Bonchev–Trinajstić information content (AvgIpc) is 3.18. The number of rotatable bonds is 2. The lowest BCUT2D eigenvalue weighted by molar-refractivity contribution is 0.0724. The van der Waals surface area contributed by atoms with Crippen molar-refractivity contribution >= 4 is 5.91 Å². The van der Waals surface area contributed by atoms with Crippen LogP contribution in [0.15, 0.2) is 18.2 Å². The molecule has 132 valence electrons. The second-order valence-corrected chi connectivity index (χ2v) is 6.69. The Labute approximate surface area is 147 Å². The lowest BCUT2D eigenvalue weighted by atomic mass is 10.0. The number of likely N-dealkylation sites (tertiary alicyclic amines) is 1. The highest BCUT2D eigenvalue weighted by Gasteiger charge is 2.35. The van der Waals surface area contributed by atoms with Crippen molar-refractivity contribution in [2.45, 2.75) is 32.7 Å². The highest BCUT2D eigenvalue weighted by atomic mass is 16.6. The molecule has 0 spiro atoms. The Kier molecular flexibility index (Phi) is 3.90. The van der Waals surface area contributed by atoms with Crippen molar-refractivity contribution in [3.8, 4) is 11.5 Å². The van der Waals surface area contributed by atoms with Crippen LogP contribution >= 0.6 is 0 Å². The number of benzene rings is 1. The molecule has 1 amide bonds. The maximum absolute atomic E-state index is 13.3. The van der Waals surface area contributed by atoms with Gasteiger partial charge in [-0.25, -0.2) is 0 Å². The molecule has 1 fully saturated rings. The van der Waals surface area contributed by atoms with Gasteiger partial charge in [-0.3, -0.25) is 9.48 Å². The van der Waals surface area contributed by atoms with E-state index in [-0.39, 0.29) is 11.9 Å². The summed E-state index contributed by atoms with van der Waals surface area (Å²) in [4.78, 5) is 15.3. The van der Waals surface area contributed by atoms with Crippen LogP contribution in [0.1, 0.15) is 46.2 Å². The Hall–Kier alpha value is -2.50. The van der Waals surface area contributed by atoms with Gasteiger partial charge in [-0.05, 0) is 38.8 Å². The quantitative estimate of drug-likeness (QED) is 0.843. The number of amides is 1. The summed E-state index contributed by atoms with van der Waals surface area (Å²) in [6, 6.07) is 5.60. The molecule has 2 aliphatic heterocycles. The molecule has 0 N–H and O–H groups in total. The van der Waals surface area contributed by atoms with Crippen LogP contribution in [0.4, 0.5) is 0 Å². The van der Waals surface area contributed by atoms with E-state index in [0.717, 1.165) is 30.8 Å². The Balaban J connectivity index is 1.70. The minimum Gasteiger partial charge on any atom is -0.486 e. The van der Waals surface area contributed by atoms with Crippen molar-refractivity contribution < 1.29 is 14.3 Å². The van der Waals surface area contributed by atoms with Crippen molar-refractivity contribution in [2.24, 2.45) is 7.05 Å². The van der Waals surface area contributed by atoms with Crippen LogP contribution in [0, 0.1) is 13.8 Å². The molecule has 4 rings (SSSR count). The zero-order chi connectivity index (χ0) is 17.6. The molecule has 6 nitrogen and oxygen atoms in total. The van der Waals surface area contributed by atoms with Gasteiger partial charge in [-0.15, -0.1) is 0 Å². The summed E-state index contributed by atoms with van der Waals surface area (Å²) in [5, 5.41) is 4.53. The van der Waals surface area contributed by atoms with Crippen molar-refractivity contribution in [1.82, 2.24) is 14.7 Å². The van der Waals surface area contributed by atoms with Gasteiger partial charge in [-0.1, -0.05) is 6.07 Å². The SMILES string of the molecule is Cc1nn(C)c(C)c1[C@@H]1CCCN1C(=O)c1cccc2c1OCCO2. The first-order chi connectivity index (χ1) is 12.1. The second kappa shape index (κ2) is 6.10. The summed E-state index contributed by atoms with van der Waals surface area (Å²) in [6.07, 6.45) is 1.96. The van der Waals surface area contributed by atoms with E-state index < -0.39 is 0 Å². The van der Waals surface area contributed by atoms with E-state index in [0.29, 0.717) is 30.3 Å². The Bertz CT molecular complexity index is 828. The number of hydrogen-bond acceptors (Lipinski definition) is 4. The molecule has 2 aromatic rings. The molecule has 1 saturated heterocycles. The maximum atomic E-state index is 13.3. The van der Waals surface area contributed by atoms with Crippen LogP contribution in [0.25, 0.3) is 0 Å². The van der Waals surface area contributed by atoms with E-state index in [1.165, 1.54) is 5.56 Å². The van der Waals surface area contributed by atoms with E-state index in [1.54, 1.807) is 0 Å². The van der Waals surface area contributed by atoms with Crippen LogP contribution in [-0.4, -0.2) is 40.3 Å². The van der Waals surface area contributed by atoms with Crippen LogP contribution < -0.4 is 9.47 Å². The molecule has 0 radical (unpaired) electrons. The summed E-state index contributed by atoms with van der Waals surface area (Å²) in [6.45, 7) is 5.83. The number of fused-ring (bicyclic) bond motifs is 1. The standard InChI is InChI=1S/C19H23N3O3/c1-12-17(13(2)21(3)20-12)15-7-5-9-22(15)19(23)14-6-4-8-16-18(14)25-11-10-24-16/h4,6,8,15H,5,7,9-11H2,1-3H3/t15-/m0/s1. The minimum absolute atomic E-state index is 0.00695. The molecule has 0 saturated carbocycles. The number of aromatic nitrogens is 2. The number of carbonyl (C=O) groups excluding carboxylic acids is 1. The predicted molar refractivity (Wildman–Crippen MR) is 93.1 cm³/mol. The lowest BCUT2D eigenvalue weighted by Gasteiger charge is -2.27. The van der Waals surface area contributed by atoms with Crippen molar-refractivity contribution in [2.75, 3.05) is 19.8 Å². The first-order valence-corrected chi connectivity index (χ1v) is 8.77. The second-order valence-electron chi connectivity index (χ2n) is 6.69. The van der Waals surface area contributed by atoms with Gasteiger partial charge in [0, 0.05) is 24.8 Å². The van der Waals surface area contributed by atoms with Crippen LogP contribution in [0.3, 0.4) is 0 Å². The maximum Gasteiger partial charge on any atom is 0.258 e. The van der Waals surface area contributed by atoms with E-state index >= 15 is 0 Å². The number of nitrogens with zero attached hydrogens (tertiary/aromatic N) is 3. The average molecular weight is 341 g/mol. The molecule has 25 heavy (non-hydrogen) atoms. The van der Waals surface area contributed by atoms with E-state index in [4.69, 9.17) is 9.47 Å². The largest absolute Gasteiger partial charge is 0.486 e. The number of hydrogen-bond donors (Lipinski definition) is 0. The van der Waals surface area contributed by atoms with Crippen LogP contribution in [0.5, 0.6) is 11.5 Å². The monoisotopic (exact) mass is 341 g/mol. The van der Waals surface area contributed by atoms with E-state index in [2.05, 4.69) is 12.0 Å². The molecule has 0 aliphatic carbocycles. The fourth-order valence-electron chi connectivity index (χ4n) is 3.98. The Morgan fingerprint density at radius 3 is 2.80 bits per heavy atom. The summed E-state index contributed by atoms with van der Waals surface area (Å²) < 4.78 is 13.3. The number of carbonyl (C=O) groups is 1. The first-order valence-electron chi connectivity index (χ1n) is 8.77. The van der Waals surface area contributed by atoms with Crippen LogP contribution in [0.2, 0.25) is 0 Å². The third-order valence-corrected chi connectivity index (χ3v) is 5.21. The molecule has 3 heterocycles. The molecular weight excluding hydrogens is 318 g/mol. The summed E-state index contributed by atoms with van der Waals surface area (Å²) >= 11 is 0. The third kappa shape index (κ3) is 2.56. The van der Waals surface area contributed by atoms with Gasteiger partial charge >= 0.3 is 0 Å². The molecule has 1 aromatic carbocycles. The smallest absolute Gasteiger partial charge is 0.258 e. The summed E-state index contributed by atoms with van der Waals surface area (Å²) in [7, 11) is 1.95. The van der Waals surface area contributed by atoms with Gasteiger partial charge < -0.3 is 14.4 Å². The van der Waals surface area contributed by atoms with Crippen LogP contribution in [-0.2, 0) is 7.05 Å². The lowest BCUT2D eigenvalue weighted by Crippen LogP contribution is -2.32. The molecular formula is C19H23N3O3. The molecule has 2 aliphatic rings. The minimum atomic E-state index is 0.00695. The number of para-hydroxylation sites is 1. The topological polar surface area (TPSA) is 56.6 Å². The van der Waals surface area contributed by atoms with E-state index in [1.807, 2.05) is 41.8 Å². The highest BCUT2D eigenvalue weighted by Crippen LogP contribution is 2.39. The Morgan fingerprint density at radius 1 is 1.24 bits per heavy atom. The number of ether oxygens (including phenoxy) is 2. The molecule has 1 aromatic heterocycles. The van der Waals surface area contributed by atoms with Gasteiger partial charge in [0.15, 0.2) is 11.5 Å². The van der Waals surface area contributed by atoms with E-state index in [9.17, 15) is 4.79 Å².